The molecule has 24 heavy (non-hydrogen) atoms. The van der Waals surface area contributed by atoms with Gasteiger partial charge < -0.3 is 15.4 Å². The van der Waals surface area contributed by atoms with Crippen molar-refractivity contribution in [1.29, 1.82) is 0 Å². The van der Waals surface area contributed by atoms with Gasteiger partial charge in [0.2, 0.25) is 5.91 Å². The maximum atomic E-state index is 12.4. The molecule has 5 heteroatoms. The third-order valence-electron chi connectivity index (χ3n) is 4.78. The molecular weight excluding hydrogens is 304 g/mol. The van der Waals surface area contributed by atoms with E-state index in [2.05, 4.69) is 16.7 Å². The summed E-state index contributed by atoms with van der Waals surface area (Å²) in [5.41, 5.74) is 0.489. The van der Waals surface area contributed by atoms with Gasteiger partial charge in [0, 0.05) is 19.0 Å². The van der Waals surface area contributed by atoms with Crippen LogP contribution in [0, 0.1) is 5.41 Å². The number of rotatable bonds is 0. The number of carbonyl (C=O) groups is 2. The van der Waals surface area contributed by atoms with E-state index in [-0.39, 0.29) is 23.3 Å². The summed E-state index contributed by atoms with van der Waals surface area (Å²) in [7, 11) is 0. The normalized spacial score (nSPS) is 25.3. The third kappa shape index (κ3) is 3.78. The lowest BCUT2D eigenvalue weighted by Crippen LogP contribution is -2.43. The first-order chi connectivity index (χ1) is 11.6. The van der Waals surface area contributed by atoms with Gasteiger partial charge in [-0.1, -0.05) is 30.7 Å². The molecule has 0 unspecified atom stereocenters. The van der Waals surface area contributed by atoms with Crippen molar-refractivity contribution in [3.63, 3.8) is 0 Å². The largest absolute Gasteiger partial charge is 0.489 e. The summed E-state index contributed by atoms with van der Waals surface area (Å²) >= 11 is 0. The first kappa shape index (κ1) is 16.6. The second kappa shape index (κ2) is 7.07. The predicted octanol–water partition coefficient (Wildman–Crippen LogP) is 2.43. The van der Waals surface area contributed by atoms with Gasteiger partial charge in [-0.25, -0.2) is 0 Å². The fraction of sp³-hybridized carbons (Fsp3) is 0.474. The van der Waals surface area contributed by atoms with Gasteiger partial charge in [-0.15, -0.1) is 0 Å². The van der Waals surface area contributed by atoms with E-state index in [0.717, 1.165) is 19.3 Å². The minimum absolute atomic E-state index is 0.0242. The van der Waals surface area contributed by atoms with Crippen LogP contribution in [0.1, 0.15) is 43.0 Å². The average Bonchev–Trinajstić information content (AvgIpc) is 2.54. The van der Waals surface area contributed by atoms with Crippen LogP contribution in [0.25, 0.3) is 0 Å². The molecule has 1 aromatic carbocycles. The molecule has 2 aliphatic rings. The Morgan fingerprint density at radius 3 is 2.75 bits per heavy atom. The lowest BCUT2D eigenvalue weighted by atomic mass is 9.66. The Labute approximate surface area is 142 Å². The zero-order valence-corrected chi connectivity index (χ0v) is 14.0. The van der Waals surface area contributed by atoms with Crippen molar-refractivity contribution in [3.8, 4) is 5.75 Å². The van der Waals surface area contributed by atoms with Crippen molar-refractivity contribution >= 4 is 11.8 Å². The molecular formula is C19H24N2O3. The summed E-state index contributed by atoms with van der Waals surface area (Å²) in [6.07, 6.45) is 7.83. The van der Waals surface area contributed by atoms with E-state index in [4.69, 9.17) is 4.74 Å². The van der Waals surface area contributed by atoms with Gasteiger partial charge >= 0.3 is 0 Å². The standard InChI is InChI=1S/C19H24N2O3/c1-14-13-20-17(22)12-19(8-4-9-19)10-5-11-24-16-7-3-2-6-15(16)18(23)21-14/h2-3,5-7,10,14H,4,8-9,11-13H2,1H3,(H,20,22)(H,21,23)/b10-5-/t14-/m0/s1. The van der Waals surface area contributed by atoms with Crippen LogP contribution >= 0.6 is 0 Å². The lowest BCUT2D eigenvalue weighted by molar-refractivity contribution is -0.123. The van der Waals surface area contributed by atoms with Crippen LogP contribution in [0.4, 0.5) is 0 Å². The van der Waals surface area contributed by atoms with Crippen LogP contribution in [0.3, 0.4) is 0 Å². The summed E-state index contributed by atoms with van der Waals surface area (Å²) < 4.78 is 5.78. The fourth-order valence-corrected chi connectivity index (χ4v) is 3.25. The van der Waals surface area contributed by atoms with Crippen LogP contribution in [0.15, 0.2) is 36.4 Å². The molecule has 1 saturated carbocycles. The highest BCUT2D eigenvalue weighted by molar-refractivity contribution is 5.97. The predicted molar refractivity (Wildman–Crippen MR) is 91.9 cm³/mol. The number of amides is 2. The maximum Gasteiger partial charge on any atom is 0.255 e. The third-order valence-corrected chi connectivity index (χ3v) is 4.78. The zero-order chi connectivity index (χ0) is 17.0. The molecule has 2 N–H and O–H groups in total. The first-order valence-electron chi connectivity index (χ1n) is 8.55. The Morgan fingerprint density at radius 1 is 1.21 bits per heavy atom. The Bertz CT molecular complexity index is 650. The molecule has 5 nitrogen and oxygen atoms in total. The minimum atomic E-state index is -0.191. The number of benzene rings is 1. The molecule has 128 valence electrons. The monoisotopic (exact) mass is 328 g/mol. The number of para-hydroxylation sites is 1. The van der Waals surface area contributed by atoms with Gasteiger partial charge in [0.25, 0.3) is 5.91 Å². The molecule has 1 aromatic rings. The first-order valence-corrected chi connectivity index (χ1v) is 8.55. The highest BCUT2D eigenvalue weighted by Gasteiger charge is 2.36. The van der Waals surface area contributed by atoms with Crippen molar-refractivity contribution in [2.75, 3.05) is 13.2 Å². The second-order valence-electron chi connectivity index (χ2n) is 6.78. The zero-order valence-electron chi connectivity index (χ0n) is 14.0. The molecule has 1 aliphatic heterocycles. The van der Waals surface area contributed by atoms with Gasteiger partial charge in [0.15, 0.2) is 0 Å². The molecule has 0 saturated heterocycles. The average molecular weight is 328 g/mol. The van der Waals surface area contributed by atoms with Crippen LogP contribution in [-0.2, 0) is 4.79 Å². The van der Waals surface area contributed by atoms with E-state index in [1.807, 2.05) is 25.1 Å². The molecule has 1 atom stereocenters. The van der Waals surface area contributed by atoms with E-state index >= 15 is 0 Å². The Balaban J connectivity index is 1.81. The number of nitrogens with one attached hydrogen (secondary N) is 2. The SMILES string of the molecule is C[C@H]1CNC(=O)CC2(/C=C\COc3ccccc3C(=O)N1)CCC2. The maximum absolute atomic E-state index is 12.4. The van der Waals surface area contributed by atoms with Crippen LogP contribution in [0.2, 0.25) is 0 Å². The number of carbonyl (C=O) groups excluding carboxylic acids is 2. The summed E-state index contributed by atoms with van der Waals surface area (Å²) in [5, 5.41) is 5.84. The molecule has 3 rings (SSSR count). The fourth-order valence-electron chi connectivity index (χ4n) is 3.25. The van der Waals surface area contributed by atoms with Gasteiger partial charge in [-0.2, -0.15) is 0 Å². The van der Waals surface area contributed by atoms with E-state index in [0.29, 0.717) is 30.9 Å². The van der Waals surface area contributed by atoms with Gasteiger partial charge in [0.05, 0.1) is 5.56 Å². The van der Waals surface area contributed by atoms with Crippen molar-refractivity contribution in [1.82, 2.24) is 10.6 Å². The Kier molecular flexibility index (Phi) is 4.88. The number of hydrogen-bond donors (Lipinski definition) is 2. The molecule has 1 fully saturated rings. The number of fused-ring (bicyclic) bond motifs is 1. The molecule has 2 amide bonds. The van der Waals surface area contributed by atoms with Crippen molar-refractivity contribution in [2.24, 2.45) is 5.41 Å². The number of allylic oxidation sites excluding steroid dienone is 1. The van der Waals surface area contributed by atoms with Crippen molar-refractivity contribution in [3.05, 3.63) is 42.0 Å². The highest BCUT2D eigenvalue weighted by Crippen LogP contribution is 2.45. The quantitative estimate of drug-likeness (QED) is 0.719. The number of hydrogen-bond acceptors (Lipinski definition) is 3. The topological polar surface area (TPSA) is 67.4 Å². The summed E-state index contributed by atoms with van der Waals surface area (Å²) in [4.78, 5) is 24.6. The number of ether oxygens (including phenoxy) is 1. The molecule has 0 bridgehead atoms. The Hall–Kier alpha value is -2.30. The van der Waals surface area contributed by atoms with E-state index in [1.165, 1.54) is 0 Å². The second-order valence-corrected chi connectivity index (χ2v) is 6.78. The molecule has 1 aliphatic carbocycles. The van der Waals surface area contributed by atoms with Crippen LogP contribution < -0.4 is 15.4 Å². The van der Waals surface area contributed by atoms with E-state index in [9.17, 15) is 9.59 Å². The van der Waals surface area contributed by atoms with E-state index in [1.54, 1.807) is 12.1 Å². The Morgan fingerprint density at radius 2 is 2.00 bits per heavy atom. The highest BCUT2D eigenvalue weighted by atomic mass is 16.5. The summed E-state index contributed by atoms with van der Waals surface area (Å²) in [6, 6.07) is 7.08. The van der Waals surface area contributed by atoms with Crippen LogP contribution in [0.5, 0.6) is 5.75 Å². The summed E-state index contributed by atoms with van der Waals surface area (Å²) in [5.74, 6) is 0.429. The molecule has 0 aromatic heterocycles. The molecule has 1 spiro atoms. The molecule has 1 heterocycles. The summed E-state index contributed by atoms with van der Waals surface area (Å²) in [6.45, 7) is 2.70. The smallest absolute Gasteiger partial charge is 0.255 e. The van der Waals surface area contributed by atoms with Crippen LogP contribution in [-0.4, -0.2) is 31.0 Å². The van der Waals surface area contributed by atoms with Gasteiger partial charge in [0.1, 0.15) is 12.4 Å². The van der Waals surface area contributed by atoms with Gasteiger partial charge in [-0.3, -0.25) is 9.59 Å². The van der Waals surface area contributed by atoms with E-state index < -0.39 is 0 Å². The lowest BCUT2D eigenvalue weighted by Gasteiger charge is -2.39. The molecule has 0 radical (unpaired) electrons. The van der Waals surface area contributed by atoms with Crippen molar-refractivity contribution in [2.45, 2.75) is 38.6 Å². The van der Waals surface area contributed by atoms with Gasteiger partial charge in [-0.05, 0) is 37.3 Å². The minimum Gasteiger partial charge on any atom is -0.489 e. The van der Waals surface area contributed by atoms with Crippen molar-refractivity contribution < 1.29 is 14.3 Å².